The molecule has 46 heavy (non-hydrogen) atoms. The second-order valence-electron chi connectivity index (χ2n) is 19.1. The van der Waals surface area contributed by atoms with Crippen molar-refractivity contribution in [2.24, 2.45) is 62.6 Å². The minimum absolute atomic E-state index is 0.0232. The summed E-state index contributed by atoms with van der Waals surface area (Å²) >= 11 is 0. The van der Waals surface area contributed by atoms with Crippen molar-refractivity contribution >= 4 is 5.97 Å². The lowest BCUT2D eigenvalue weighted by atomic mass is 9.33. The van der Waals surface area contributed by atoms with E-state index in [1.807, 2.05) is 0 Å². The van der Waals surface area contributed by atoms with Crippen LogP contribution in [0.2, 0.25) is 0 Å². The highest BCUT2D eigenvalue weighted by molar-refractivity contribution is 5.75. The number of rotatable bonds is 8. The SMILES string of the molecule is C=C(C)[C@@H]1CC[C@]2(NCCC(C)C)CC[C@]3(C)C(CC[C@@H]4[C@@]5(C)CC=C(C6=CC[C@](CF)(C(=O)O)CC6)C(C)(C)[C@@H]5CC[C@]43C)[C@@H]12. The average Bonchev–Trinajstić information content (AvgIpc) is 3.37. The number of aliphatic carboxylic acids is 1. The first-order valence-electron chi connectivity index (χ1n) is 19.1. The first-order valence-corrected chi connectivity index (χ1v) is 19.1. The van der Waals surface area contributed by atoms with Crippen molar-refractivity contribution < 1.29 is 14.3 Å². The minimum atomic E-state index is -1.23. The fourth-order valence-corrected chi connectivity index (χ4v) is 13.7. The molecule has 0 aromatic heterocycles. The van der Waals surface area contributed by atoms with Crippen molar-refractivity contribution in [3.05, 3.63) is 35.5 Å². The number of carbonyl (C=O) groups is 1. The van der Waals surface area contributed by atoms with Crippen LogP contribution in [0.25, 0.3) is 0 Å². The van der Waals surface area contributed by atoms with Crippen molar-refractivity contribution in [3.63, 3.8) is 0 Å². The van der Waals surface area contributed by atoms with Crippen molar-refractivity contribution in [1.82, 2.24) is 5.32 Å². The number of hydrogen-bond donors (Lipinski definition) is 2. The van der Waals surface area contributed by atoms with Gasteiger partial charge in [-0.2, -0.15) is 0 Å². The summed E-state index contributed by atoms with van der Waals surface area (Å²) in [5.74, 6) is 3.15. The fraction of sp³-hybridized carbons (Fsp3) is 0.833. The molecular weight excluding hydrogens is 569 g/mol. The molecule has 258 valence electrons. The first-order chi connectivity index (χ1) is 21.5. The molecule has 2 N–H and O–H groups in total. The lowest BCUT2D eigenvalue weighted by Crippen LogP contribution is -2.68. The van der Waals surface area contributed by atoms with Gasteiger partial charge in [-0.1, -0.05) is 72.8 Å². The van der Waals surface area contributed by atoms with Gasteiger partial charge in [0.15, 0.2) is 0 Å². The van der Waals surface area contributed by atoms with E-state index in [2.05, 4.69) is 79.4 Å². The first kappa shape index (κ1) is 34.4. The molecule has 0 aromatic carbocycles. The Morgan fingerprint density at radius 2 is 1.70 bits per heavy atom. The van der Waals surface area contributed by atoms with Crippen LogP contribution in [0.15, 0.2) is 35.5 Å². The van der Waals surface area contributed by atoms with E-state index in [1.54, 1.807) is 0 Å². The molecule has 0 aliphatic heterocycles. The van der Waals surface area contributed by atoms with Gasteiger partial charge in [-0.25, -0.2) is 4.39 Å². The zero-order chi connectivity index (χ0) is 33.5. The summed E-state index contributed by atoms with van der Waals surface area (Å²) in [5.41, 5.74) is 4.12. The standard InChI is InChI=1S/C42H66FNO2/c1-27(2)17-25-44-42-22-14-30(28(3)4)35(42)32-10-11-34-38(7)18-15-31(29-12-20-41(26-43,21-13-29)36(45)46)37(5,6)33(38)16-19-40(34,9)39(32,8)23-24-42/h12,15,27,30,32-35,44H,3,10-11,13-14,16-26H2,1-2,4-9H3,(H,45,46)/t30-,32?,33-,34+,35+,38-,39+,40+,41-,42-/m0/s1. The van der Waals surface area contributed by atoms with Gasteiger partial charge in [-0.3, -0.25) is 4.79 Å². The molecule has 0 aromatic rings. The van der Waals surface area contributed by atoms with Gasteiger partial charge in [-0.15, -0.1) is 0 Å². The summed E-state index contributed by atoms with van der Waals surface area (Å²) in [5, 5.41) is 14.0. The highest BCUT2D eigenvalue weighted by Crippen LogP contribution is 2.76. The Hall–Kier alpha value is -1.42. The Kier molecular flexibility index (Phi) is 8.68. The van der Waals surface area contributed by atoms with Crippen LogP contribution in [0.1, 0.15) is 139 Å². The number of alkyl halides is 1. The van der Waals surface area contributed by atoms with Crippen molar-refractivity contribution in [3.8, 4) is 0 Å². The van der Waals surface area contributed by atoms with Gasteiger partial charge in [0.25, 0.3) is 0 Å². The predicted molar refractivity (Wildman–Crippen MR) is 188 cm³/mol. The minimum Gasteiger partial charge on any atom is -0.481 e. The third kappa shape index (κ3) is 4.82. The van der Waals surface area contributed by atoms with E-state index in [9.17, 15) is 14.3 Å². The molecule has 4 heteroatoms. The molecule has 4 saturated carbocycles. The maximum absolute atomic E-state index is 13.9. The molecule has 6 aliphatic rings. The molecule has 4 fully saturated rings. The van der Waals surface area contributed by atoms with Crippen LogP contribution in [-0.4, -0.2) is 29.8 Å². The smallest absolute Gasteiger partial charge is 0.312 e. The number of halogens is 1. The maximum atomic E-state index is 13.9. The van der Waals surface area contributed by atoms with Crippen molar-refractivity contribution in [2.75, 3.05) is 13.2 Å². The molecule has 6 rings (SSSR count). The summed E-state index contributed by atoms with van der Waals surface area (Å²) < 4.78 is 13.9. The quantitative estimate of drug-likeness (QED) is 0.261. The van der Waals surface area contributed by atoms with Crippen molar-refractivity contribution in [2.45, 2.75) is 144 Å². The van der Waals surface area contributed by atoms with E-state index in [0.717, 1.165) is 24.8 Å². The van der Waals surface area contributed by atoms with Crippen LogP contribution in [-0.2, 0) is 4.79 Å². The molecule has 0 amide bonds. The van der Waals surface area contributed by atoms with Crippen LogP contribution in [0.4, 0.5) is 4.39 Å². The third-order valence-corrected chi connectivity index (χ3v) is 16.5. The second-order valence-corrected chi connectivity index (χ2v) is 19.1. The molecule has 0 radical (unpaired) electrons. The summed E-state index contributed by atoms with van der Waals surface area (Å²) in [6.45, 7) is 25.0. The van der Waals surface area contributed by atoms with E-state index in [1.165, 1.54) is 74.5 Å². The lowest BCUT2D eigenvalue weighted by molar-refractivity contribution is -0.221. The number of nitrogens with one attached hydrogen (secondary N) is 1. The number of allylic oxidation sites excluding steroid dienone is 5. The van der Waals surface area contributed by atoms with E-state index in [0.29, 0.717) is 53.8 Å². The molecule has 3 nitrogen and oxygen atoms in total. The summed E-state index contributed by atoms with van der Waals surface area (Å²) in [6, 6.07) is 0. The number of carboxylic acid groups (broad SMARTS) is 1. The highest BCUT2D eigenvalue weighted by Gasteiger charge is 2.70. The van der Waals surface area contributed by atoms with Gasteiger partial charge < -0.3 is 10.4 Å². The monoisotopic (exact) mass is 636 g/mol. The van der Waals surface area contributed by atoms with Gasteiger partial charge in [0.2, 0.25) is 0 Å². The lowest BCUT2D eigenvalue weighted by Gasteiger charge is -2.72. The summed E-state index contributed by atoms with van der Waals surface area (Å²) in [7, 11) is 0. The van der Waals surface area contributed by atoms with Gasteiger partial charge in [0.1, 0.15) is 6.67 Å². The number of carboxylic acids is 1. The Balaban J connectivity index is 1.30. The molecule has 10 atom stereocenters. The van der Waals surface area contributed by atoms with Crippen LogP contribution in [0.3, 0.4) is 0 Å². The van der Waals surface area contributed by atoms with Gasteiger partial charge in [-0.05, 0) is 165 Å². The largest absolute Gasteiger partial charge is 0.481 e. The van der Waals surface area contributed by atoms with Crippen LogP contribution >= 0.6 is 0 Å². The predicted octanol–water partition coefficient (Wildman–Crippen LogP) is 10.7. The van der Waals surface area contributed by atoms with E-state index in [-0.39, 0.29) is 16.4 Å². The highest BCUT2D eigenvalue weighted by atomic mass is 19.1. The number of hydrogen-bond acceptors (Lipinski definition) is 2. The maximum Gasteiger partial charge on any atom is 0.312 e. The topological polar surface area (TPSA) is 49.3 Å². The molecule has 0 saturated heterocycles. The molecule has 0 bridgehead atoms. The van der Waals surface area contributed by atoms with Crippen LogP contribution in [0.5, 0.6) is 0 Å². The van der Waals surface area contributed by atoms with E-state index in [4.69, 9.17) is 0 Å². The molecule has 1 unspecified atom stereocenters. The summed E-state index contributed by atoms with van der Waals surface area (Å²) in [6.07, 6.45) is 18.9. The van der Waals surface area contributed by atoms with Crippen molar-refractivity contribution in [1.29, 1.82) is 0 Å². The van der Waals surface area contributed by atoms with E-state index < -0.39 is 18.1 Å². The summed E-state index contributed by atoms with van der Waals surface area (Å²) in [4.78, 5) is 11.9. The van der Waals surface area contributed by atoms with Crippen LogP contribution in [0, 0.1) is 62.6 Å². The van der Waals surface area contributed by atoms with Gasteiger partial charge in [0, 0.05) is 5.54 Å². The van der Waals surface area contributed by atoms with Crippen LogP contribution < -0.4 is 5.32 Å². The second kappa shape index (κ2) is 11.6. The van der Waals surface area contributed by atoms with E-state index >= 15 is 0 Å². The Labute approximate surface area is 280 Å². The normalized spacial score (nSPS) is 46.3. The Morgan fingerprint density at radius 1 is 0.957 bits per heavy atom. The zero-order valence-electron chi connectivity index (χ0n) is 30.7. The Bertz CT molecular complexity index is 1300. The molecule has 0 heterocycles. The molecular formula is C42H66FNO2. The zero-order valence-corrected chi connectivity index (χ0v) is 30.7. The van der Waals surface area contributed by atoms with Gasteiger partial charge >= 0.3 is 5.97 Å². The Morgan fingerprint density at radius 3 is 2.30 bits per heavy atom. The number of fused-ring (bicyclic) bond motifs is 7. The fourth-order valence-electron chi connectivity index (χ4n) is 13.7. The average molecular weight is 636 g/mol. The van der Waals surface area contributed by atoms with Gasteiger partial charge in [0.05, 0.1) is 5.41 Å². The molecule has 6 aliphatic carbocycles. The third-order valence-electron chi connectivity index (χ3n) is 16.5. The molecule has 0 spiro atoms.